The van der Waals surface area contributed by atoms with Gasteiger partial charge >= 0.3 is 0 Å². The molecule has 2 rings (SSSR count). The van der Waals surface area contributed by atoms with Gasteiger partial charge in [-0.15, -0.1) is 0 Å². The van der Waals surface area contributed by atoms with Crippen molar-refractivity contribution in [1.82, 2.24) is 5.32 Å². The minimum atomic E-state index is 0.169. The van der Waals surface area contributed by atoms with Crippen LogP contribution in [0.4, 0.5) is 5.69 Å². The van der Waals surface area contributed by atoms with E-state index in [1.165, 1.54) is 11.1 Å². The molecule has 2 aromatic carbocycles. The Hall–Kier alpha value is -2.07. The fraction of sp³-hybridized carbons (Fsp3) is 0.381. The van der Waals surface area contributed by atoms with Crippen LogP contribution in [0.1, 0.15) is 44.9 Å². The van der Waals surface area contributed by atoms with Crippen LogP contribution < -0.4 is 15.4 Å². The Bertz CT molecular complexity index is 695. The summed E-state index contributed by atoms with van der Waals surface area (Å²) < 4.78 is 5.66. The van der Waals surface area contributed by atoms with Crippen molar-refractivity contribution in [3.05, 3.63) is 59.7 Å². The van der Waals surface area contributed by atoms with Crippen molar-refractivity contribution in [2.24, 2.45) is 5.92 Å². The molecule has 4 heteroatoms. The summed E-state index contributed by atoms with van der Waals surface area (Å²) in [4.78, 5) is 0. The van der Waals surface area contributed by atoms with Crippen LogP contribution in [0.15, 0.2) is 48.5 Å². The summed E-state index contributed by atoms with van der Waals surface area (Å²) >= 11 is 5.52. The SMILES string of the molecule is Cc1ccccc1C(NC(=S)Nc1ccc(OC(C)C)cc1)C(C)C. The Labute approximate surface area is 156 Å². The van der Waals surface area contributed by atoms with Crippen LogP contribution in [0.5, 0.6) is 5.75 Å². The van der Waals surface area contributed by atoms with Crippen LogP contribution in [0.2, 0.25) is 0 Å². The second-order valence-electron chi connectivity index (χ2n) is 6.87. The van der Waals surface area contributed by atoms with Crippen molar-refractivity contribution in [2.75, 3.05) is 5.32 Å². The second-order valence-corrected chi connectivity index (χ2v) is 7.28. The van der Waals surface area contributed by atoms with Gasteiger partial charge in [-0.25, -0.2) is 0 Å². The highest BCUT2D eigenvalue weighted by Crippen LogP contribution is 2.25. The molecular weight excluding hydrogens is 328 g/mol. The molecule has 0 saturated heterocycles. The molecule has 1 atom stereocenters. The normalized spacial score (nSPS) is 12.1. The molecule has 2 aromatic rings. The zero-order chi connectivity index (χ0) is 18.4. The molecule has 1 unspecified atom stereocenters. The van der Waals surface area contributed by atoms with E-state index in [-0.39, 0.29) is 12.1 Å². The predicted molar refractivity (Wildman–Crippen MR) is 110 cm³/mol. The van der Waals surface area contributed by atoms with Crippen LogP contribution in [0.25, 0.3) is 0 Å². The zero-order valence-electron chi connectivity index (χ0n) is 15.7. The summed E-state index contributed by atoms with van der Waals surface area (Å²) in [6, 6.07) is 16.5. The Kier molecular flexibility index (Phi) is 6.82. The molecule has 0 aliphatic heterocycles. The van der Waals surface area contributed by atoms with Gasteiger partial charge in [-0.05, 0) is 74.3 Å². The third kappa shape index (κ3) is 5.75. The number of anilines is 1. The molecule has 2 N–H and O–H groups in total. The van der Waals surface area contributed by atoms with Gasteiger partial charge in [0.2, 0.25) is 0 Å². The first-order chi connectivity index (χ1) is 11.9. The number of rotatable bonds is 6. The topological polar surface area (TPSA) is 33.3 Å². The van der Waals surface area contributed by atoms with Crippen LogP contribution in [-0.2, 0) is 0 Å². The quantitative estimate of drug-likeness (QED) is 0.673. The first-order valence-electron chi connectivity index (χ1n) is 8.76. The fourth-order valence-electron chi connectivity index (χ4n) is 2.74. The molecule has 3 nitrogen and oxygen atoms in total. The molecule has 0 aliphatic carbocycles. The highest BCUT2D eigenvalue weighted by atomic mass is 32.1. The number of hydrogen-bond donors (Lipinski definition) is 2. The molecular formula is C21H28N2OS. The van der Waals surface area contributed by atoms with Crippen LogP contribution >= 0.6 is 12.2 Å². The molecule has 0 saturated carbocycles. The number of nitrogens with one attached hydrogen (secondary N) is 2. The van der Waals surface area contributed by atoms with E-state index in [0.29, 0.717) is 11.0 Å². The Morgan fingerprint density at radius 1 is 0.960 bits per heavy atom. The van der Waals surface area contributed by atoms with Gasteiger partial charge in [-0.3, -0.25) is 0 Å². The molecule has 0 spiro atoms. The Balaban J connectivity index is 2.03. The van der Waals surface area contributed by atoms with Crippen LogP contribution in [0.3, 0.4) is 0 Å². The Morgan fingerprint density at radius 3 is 2.16 bits per heavy atom. The van der Waals surface area contributed by atoms with E-state index in [2.05, 4.69) is 55.7 Å². The first-order valence-corrected chi connectivity index (χ1v) is 9.17. The Morgan fingerprint density at radius 2 is 1.60 bits per heavy atom. The van der Waals surface area contributed by atoms with Crippen molar-refractivity contribution in [3.8, 4) is 5.75 Å². The van der Waals surface area contributed by atoms with Gasteiger partial charge in [0.15, 0.2) is 5.11 Å². The van der Waals surface area contributed by atoms with E-state index in [9.17, 15) is 0 Å². The molecule has 0 amide bonds. The lowest BCUT2D eigenvalue weighted by Gasteiger charge is -2.26. The summed E-state index contributed by atoms with van der Waals surface area (Å²) in [5.41, 5.74) is 3.50. The molecule has 0 aromatic heterocycles. The van der Waals surface area contributed by atoms with E-state index < -0.39 is 0 Å². The summed E-state index contributed by atoms with van der Waals surface area (Å²) in [7, 11) is 0. The van der Waals surface area contributed by atoms with Gasteiger partial charge in [-0.1, -0.05) is 38.1 Å². The molecule has 134 valence electrons. The third-order valence-corrected chi connectivity index (χ3v) is 4.18. The van der Waals surface area contributed by atoms with E-state index in [1.54, 1.807) is 0 Å². The minimum Gasteiger partial charge on any atom is -0.491 e. The average molecular weight is 357 g/mol. The average Bonchev–Trinajstić information content (AvgIpc) is 2.54. The lowest BCUT2D eigenvalue weighted by molar-refractivity contribution is 0.242. The van der Waals surface area contributed by atoms with E-state index in [1.807, 2.05) is 38.1 Å². The number of hydrogen-bond acceptors (Lipinski definition) is 2. The summed E-state index contributed by atoms with van der Waals surface area (Å²) in [6.45, 7) is 10.6. The number of thiocarbonyl (C=S) groups is 1. The summed E-state index contributed by atoms with van der Waals surface area (Å²) in [6.07, 6.45) is 0.169. The third-order valence-electron chi connectivity index (χ3n) is 3.96. The van der Waals surface area contributed by atoms with Crippen molar-refractivity contribution in [2.45, 2.75) is 46.8 Å². The van der Waals surface area contributed by atoms with E-state index >= 15 is 0 Å². The van der Waals surface area contributed by atoms with Gasteiger partial charge in [0.1, 0.15) is 5.75 Å². The molecule has 0 bridgehead atoms. The van der Waals surface area contributed by atoms with E-state index in [4.69, 9.17) is 17.0 Å². The zero-order valence-corrected chi connectivity index (χ0v) is 16.5. The minimum absolute atomic E-state index is 0.169. The van der Waals surface area contributed by atoms with Gasteiger partial charge in [0.25, 0.3) is 0 Å². The number of aryl methyl sites for hydroxylation is 1. The second kappa shape index (κ2) is 8.86. The summed E-state index contributed by atoms with van der Waals surface area (Å²) in [5, 5.41) is 7.34. The number of benzene rings is 2. The molecule has 0 fully saturated rings. The largest absolute Gasteiger partial charge is 0.491 e. The van der Waals surface area contributed by atoms with Crippen molar-refractivity contribution in [3.63, 3.8) is 0 Å². The smallest absolute Gasteiger partial charge is 0.171 e. The van der Waals surface area contributed by atoms with Crippen LogP contribution in [-0.4, -0.2) is 11.2 Å². The maximum atomic E-state index is 5.66. The molecule has 0 heterocycles. The molecule has 25 heavy (non-hydrogen) atoms. The van der Waals surface area contributed by atoms with Crippen molar-refractivity contribution < 1.29 is 4.74 Å². The lowest BCUT2D eigenvalue weighted by atomic mass is 9.93. The van der Waals surface area contributed by atoms with Gasteiger partial charge < -0.3 is 15.4 Å². The fourth-order valence-corrected chi connectivity index (χ4v) is 2.98. The maximum Gasteiger partial charge on any atom is 0.171 e. The number of ether oxygens (including phenoxy) is 1. The van der Waals surface area contributed by atoms with Crippen molar-refractivity contribution in [1.29, 1.82) is 0 Å². The predicted octanol–water partition coefficient (Wildman–Crippen LogP) is 5.47. The monoisotopic (exact) mass is 356 g/mol. The molecule has 0 aliphatic rings. The standard InChI is InChI=1S/C21H28N2OS/c1-14(2)20(19-9-7-6-8-16(19)5)23-21(25)22-17-10-12-18(13-11-17)24-15(3)4/h6-15,20H,1-5H3,(H2,22,23,25). The van der Waals surface area contributed by atoms with Crippen LogP contribution in [0, 0.1) is 12.8 Å². The molecule has 0 radical (unpaired) electrons. The highest BCUT2D eigenvalue weighted by Gasteiger charge is 2.18. The maximum absolute atomic E-state index is 5.66. The lowest BCUT2D eigenvalue weighted by Crippen LogP contribution is -2.35. The van der Waals surface area contributed by atoms with Gasteiger partial charge in [0.05, 0.1) is 12.1 Å². The highest BCUT2D eigenvalue weighted by molar-refractivity contribution is 7.80. The van der Waals surface area contributed by atoms with E-state index in [0.717, 1.165) is 11.4 Å². The van der Waals surface area contributed by atoms with Gasteiger partial charge in [-0.2, -0.15) is 0 Å². The van der Waals surface area contributed by atoms with Crippen molar-refractivity contribution >= 4 is 23.0 Å². The summed E-state index contributed by atoms with van der Waals surface area (Å²) in [5.74, 6) is 1.28. The van der Waals surface area contributed by atoms with Gasteiger partial charge in [0, 0.05) is 5.69 Å². The first kappa shape index (κ1) is 19.3.